The van der Waals surface area contributed by atoms with Gasteiger partial charge in [-0.15, -0.1) is 0 Å². The first-order valence-corrected chi connectivity index (χ1v) is 8.46. The molecule has 1 aromatic carbocycles. The summed E-state index contributed by atoms with van der Waals surface area (Å²) >= 11 is 5.51. The zero-order chi connectivity index (χ0) is 15.5. The molecular formula is C13H17ClN2O4S. The van der Waals surface area contributed by atoms with Crippen LogP contribution in [0.15, 0.2) is 23.1 Å². The van der Waals surface area contributed by atoms with Crippen LogP contribution in [0.1, 0.15) is 17.3 Å². The van der Waals surface area contributed by atoms with Gasteiger partial charge in [0.2, 0.25) is 10.0 Å². The Balaban J connectivity index is 2.39. The van der Waals surface area contributed by atoms with Crippen molar-refractivity contribution in [1.29, 1.82) is 0 Å². The van der Waals surface area contributed by atoms with Crippen LogP contribution in [0.2, 0.25) is 0 Å². The predicted octanol–water partition coefficient (Wildman–Crippen LogP) is 1.06. The van der Waals surface area contributed by atoms with E-state index in [1.807, 2.05) is 0 Å². The van der Waals surface area contributed by atoms with Crippen molar-refractivity contribution in [3.8, 4) is 5.75 Å². The van der Waals surface area contributed by atoms with Gasteiger partial charge in [-0.3, -0.25) is 4.79 Å². The molecule has 0 aromatic heterocycles. The summed E-state index contributed by atoms with van der Waals surface area (Å²) < 4.78 is 31.7. The first kappa shape index (κ1) is 16.2. The Morgan fingerprint density at radius 3 is 2.62 bits per heavy atom. The van der Waals surface area contributed by atoms with Gasteiger partial charge in [0.25, 0.3) is 5.24 Å². The van der Waals surface area contributed by atoms with Crippen molar-refractivity contribution in [3.63, 3.8) is 0 Å². The lowest BCUT2D eigenvalue weighted by Gasteiger charge is -2.26. The van der Waals surface area contributed by atoms with Crippen molar-refractivity contribution >= 4 is 26.9 Å². The highest BCUT2D eigenvalue weighted by molar-refractivity contribution is 7.89. The molecule has 1 aromatic rings. The molecule has 1 aliphatic heterocycles. The molecule has 0 unspecified atom stereocenters. The average Bonchev–Trinajstić information content (AvgIpc) is 2.48. The number of hydrogen-bond acceptors (Lipinski definition) is 5. The number of halogens is 1. The minimum atomic E-state index is -3.62. The first-order chi connectivity index (χ1) is 9.96. The SMILES string of the molecule is CCOc1ccc(S(=O)(=O)N2CCNCC2)cc1C(=O)Cl. The van der Waals surface area contributed by atoms with Crippen LogP contribution in [-0.2, 0) is 10.0 Å². The van der Waals surface area contributed by atoms with E-state index >= 15 is 0 Å². The molecule has 0 aliphatic carbocycles. The fourth-order valence-corrected chi connectivity index (χ4v) is 3.75. The summed E-state index contributed by atoms with van der Waals surface area (Å²) in [5.41, 5.74) is 0.0646. The molecule has 1 fully saturated rings. The summed E-state index contributed by atoms with van der Waals surface area (Å²) in [5, 5.41) is 2.35. The number of nitrogens with zero attached hydrogens (tertiary/aromatic N) is 1. The van der Waals surface area contributed by atoms with Gasteiger partial charge in [0, 0.05) is 26.2 Å². The molecule has 0 spiro atoms. The van der Waals surface area contributed by atoms with Gasteiger partial charge in [-0.2, -0.15) is 4.31 Å². The third-order valence-corrected chi connectivity index (χ3v) is 5.27. The van der Waals surface area contributed by atoms with E-state index < -0.39 is 15.3 Å². The fourth-order valence-electron chi connectivity index (χ4n) is 2.14. The Hall–Kier alpha value is -1.15. The molecule has 0 radical (unpaired) electrons. The summed E-state index contributed by atoms with van der Waals surface area (Å²) in [5.74, 6) is 0.289. The number of rotatable bonds is 5. The second kappa shape index (κ2) is 6.74. The minimum absolute atomic E-state index is 0.0526. The van der Waals surface area contributed by atoms with Crippen LogP contribution < -0.4 is 10.1 Å². The van der Waals surface area contributed by atoms with Gasteiger partial charge < -0.3 is 10.1 Å². The van der Waals surface area contributed by atoms with Gasteiger partial charge in [-0.05, 0) is 36.7 Å². The molecule has 0 amide bonds. The summed E-state index contributed by atoms with van der Waals surface area (Å²) in [6.07, 6.45) is 0. The number of nitrogens with one attached hydrogen (secondary N) is 1. The monoisotopic (exact) mass is 332 g/mol. The molecule has 1 N–H and O–H groups in total. The minimum Gasteiger partial charge on any atom is -0.493 e. The number of carbonyl (C=O) groups is 1. The van der Waals surface area contributed by atoms with Crippen LogP contribution in [-0.4, -0.2) is 50.8 Å². The lowest BCUT2D eigenvalue weighted by molar-refractivity contribution is 0.107. The van der Waals surface area contributed by atoms with E-state index in [-0.39, 0.29) is 16.2 Å². The lowest BCUT2D eigenvalue weighted by Crippen LogP contribution is -2.46. The molecule has 2 rings (SSSR count). The molecule has 6 nitrogen and oxygen atoms in total. The van der Waals surface area contributed by atoms with E-state index in [2.05, 4.69) is 5.32 Å². The van der Waals surface area contributed by atoms with Crippen molar-refractivity contribution in [2.75, 3.05) is 32.8 Å². The van der Waals surface area contributed by atoms with E-state index in [1.54, 1.807) is 6.92 Å². The van der Waals surface area contributed by atoms with Crippen molar-refractivity contribution in [2.24, 2.45) is 0 Å². The fraction of sp³-hybridized carbons (Fsp3) is 0.462. The molecule has 1 aliphatic rings. The molecule has 1 saturated heterocycles. The van der Waals surface area contributed by atoms with Gasteiger partial charge in [0.15, 0.2) is 0 Å². The molecule has 21 heavy (non-hydrogen) atoms. The van der Waals surface area contributed by atoms with Crippen LogP contribution in [0.25, 0.3) is 0 Å². The second-order valence-electron chi connectivity index (χ2n) is 4.52. The van der Waals surface area contributed by atoms with Crippen molar-refractivity contribution in [2.45, 2.75) is 11.8 Å². The van der Waals surface area contributed by atoms with E-state index in [1.165, 1.54) is 22.5 Å². The van der Waals surface area contributed by atoms with Crippen molar-refractivity contribution in [1.82, 2.24) is 9.62 Å². The largest absolute Gasteiger partial charge is 0.493 e. The van der Waals surface area contributed by atoms with Crippen LogP contribution in [0.5, 0.6) is 5.75 Å². The second-order valence-corrected chi connectivity index (χ2v) is 6.80. The number of carbonyl (C=O) groups excluding carboxylic acids is 1. The highest BCUT2D eigenvalue weighted by Gasteiger charge is 2.27. The van der Waals surface area contributed by atoms with Crippen LogP contribution in [0.3, 0.4) is 0 Å². The molecule has 1 heterocycles. The Labute approximate surface area is 129 Å². The number of sulfonamides is 1. The van der Waals surface area contributed by atoms with Gasteiger partial charge >= 0.3 is 0 Å². The molecule has 0 atom stereocenters. The predicted molar refractivity (Wildman–Crippen MR) is 79.4 cm³/mol. The third kappa shape index (κ3) is 3.55. The quantitative estimate of drug-likeness (QED) is 0.816. The molecule has 116 valence electrons. The van der Waals surface area contributed by atoms with E-state index in [0.29, 0.717) is 32.8 Å². The van der Waals surface area contributed by atoms with Gasteiger partial charge in [0.05, 0.1) is 17.1 Å². The van der Waals surface area contributed by atoms with E-state index in [0.717, 1.165) is 0 Å². The topological polar surface area (TPSA) is 75.7 Å². The Bertz CT molecular complexity index is 627. The normalized spacial score (nSPS) is 16.7. The number of piperazine rings is 1. The van der Waals surface area contributed by atoms with E-state index in [9.17, 15) is 13.2 Å². The number of benzene rings is 1. The maximum atomic E-state index is 12.5. The summed E-state index contributed by atoms with van der Waals surface area (Å²) in [7, 11) is -3.62. The van der Waals surface area contributed by atoms with Gasteiger partial charge in [-0.25, -0.2) is 8.42 Å². The first-order valence-electron chi connectivity index (χ1n) is 6.64. The summed E-state index contributed by atoms with van der Waals surface area (Å²) in [6.45, 7) is 4.16. The van der Waals surface area contributed by atoms with Crippen LogP contribution in [0.4, 0.5) is 0 Å². The van der Waals surface area contributed by atoms with Gasteiger partial charge in [-0.1, -0.05) is 0 Å². The van der Waals surface area contributed by atoms with Crippen molar-refractivity contribution < 1.29 is 17.9 Å². The summed E-state index contributed by atoms with van der Waals surface area (Å²) in [6, 6.07) is 4.18. The highest BCUT2D eigenvalue weighted by atomic mass is 35.5. The molecular weight excluding hydrogens is 316 g/mol. The molecule has 0 bridgehead atoms. The van der Waals surface area contributed by atoms with Crippen LogP contribution in [0, 0.1) is 0 Å². The maximum Gasteiger partial charge on any atom is 0.256 e. The average molecular weight is 333 g/mol. The smallest absolute Gasteiger partial charge is 0.256 e. The Morgan fingerprint density at radius 1 is 1.38 bits per heavy atom. The van der Waals surface area contributed by atoms with Crippen LogP contribution >= 0.6 is 11.6 Å². The Kier molecular flexibility index (Phi) is 5.21. The Morgan fingerprint density at radius 2 is 2.05 bits per heavy atom. The number of hydrogen-bond donors (Lipinski definition) is 1. The maximum absolute atomic E-state index is 12.5. The molecule has 8 heteroatoms. The standard InChI is InChI=1S/C13H17ClN2O4S/c1-2-20-12-4-3-10(9-11(12)13(14)17)21(18,19)16-7-5-15-6-8-16/h3-4,9,15H,2,5-8H2,1H3. The van der Waals surface area contributed by atoms with Gasteiger partial charge in [0.1, 0.15) is 5.75 Å². The molecule has 0 saturated carbocycles. The van der Waals surface area contributed by atoms with Crippen molar-refractivity contribution in [3.05, 3.63) is 23.8 Å². The van der Waals surface area contributed by atoms with E-state index in [4.69, 9.17) is 16.3 Å². The number of ether oxygens (including phenoxy) is 1. The zero-order valence-corrected chi connectivity index (χ0v) is 13.2. The highest BCUT2D eigenvalue weighted by Crippen LogP contribution is 2.26. The lowest BCUT2D eigenvalue weighted by atomic mass is 10.2. The zero-order valence-electron chi connectivity index (χ0n) is 11.6. The third-order valence-electron chi connectivity index (χ3n) is 3.18. The summed E-state index contributed by atoms with van der Waals surface area (Å²) in [4.78, 5) is 11.5.